The van der Waals surface area contributed by atoms with Crippen LogP contribution in [-0.4, -0.2) is 7.11 Å². The van der Waals surface area contributed by atoms with Crippen LogP contribution in [0, 0.1) is 4.91 Å². The van der Waals surface area contributed by atoms with Gasteiger partial charge in [0.15, 0.2) is 0 Å². The zero-order chi connectivity index (χ0) is 16.1. The minimum atomic E-state index is 0.382. The SMILES string of the molecule is COc1ccc(-c2ccc(Oc3ccc(N=O)cc3)cc2)cc1. The van der Waals surface area contributed by atoms with Crippen LogP contribution in [0.15, 0.2) is 78.0 Å². The van der Waals surface area contributed by atoms with Crippen LogP contribution in [0.3, 0.4) is 0 Å². The summed E-state index contributed by atoms with van der Waals surface area (Å²) in [6, 6.07) is 22.4. The number of hydrogen-bond donors (Lipinski definition) is 0. The predicted molar refractivity (Wildman–Crippen MR) is 90.4 cm³/mol. The van der Waals surface area contributed by atoms with Gasteiger partial charge in [0.25, 0.3) is 0 Å². The van der Waals surface area contributed by atoms with E-state index in [-0.39, 0.29) is 0 Å². The van der Waals surface area contributed by atoms with Gasteiger partial charge in [-0.05, 0) is 64.8 Å². The fourth-order valence-corrected chi connectivity index (χ4v) is 2.21. The number of ether oxygens (including phenoxy) is 2. The molecule has 0 amide bonds. The van der Waals surface area contributed by atoms with E-state index >= 15 is 0 Å². The Balaban J connectivity index is 1.74. The molecule has 0 fully saturated rings. The number of nitroso groups, excluding NO2 is 1. The molecule has 3 aromatic carbocycles. The third-order valence-electron chi connectivity index (χ3n) is 3.46. The maximum Gasteiger partial charge on any atom is 0.127 e. The van der Waals surface area contributed by atoms with Crippen molar-refractivity contribution in [2.24, 2.45) is 5.18 Å². The zero-order valence-corrected chi connectivity index (χ0v) is 12.6. The van der Waals surface area contributed by atoms with Gasteiger partial charge in [0.1, 0.15) is 22.9 Å². The lowest BCUT2D eigenvalue weighted by Crippen LogP contribution is -1.85. The smallest absolute Gasteiger partial charge is 0.127 e. The Labute approximate surface area is 134 Å². The molecule has 0 radical (unpaired) electrons. The quantitative estimate of drug-likeness (QED) is 0.580. The highest BCUT2D eigenvalue weighted by atomic mass is 16.5. The van der Waals surface area contributed by atoms with Gasteiger partial charge >= 0.3 is 0 Å². The summed E-state index contributed by atoms with van der Waals surface area (Å²) >= 11 is 0. The van der Waals surface area contributed by atoms with Crippen LogP contribution in [-0.2, 0) is 0 Å². The molecule has 3 aromatic rings. The molecular weight excluding hydrogens is 290 g/mol. The van der Waals surface area contributed by atoms with Gasteiger partial charge in [0, 0.05) is 0 Å². The summed E-state index contributed by atoms with van der Waals surface area (Å²) in [5.41, 5.74) is 2.59. The zero-order valence-electron chi connectivity index (χ0n) is 12.6. The second-order valence-electron chi connectivity index (χ2n) is 4.94. The van der Waals surface area contributed by atoms with Crippen LogP contribution < -0.4 is 9.47 Å². The molecule has 4 heteroatoms. The van der Waals surface area contributed by atoms with Crippen LogP contribution in [0.5, 0.6) is 17.2 Å². The van der Waals surface area contributed by atoms with Crippen LogP contribution in [0.1, 0.15) is 0 Å². The summed E-state index contributed by atoms with van der Waals surface area (Å²) in [6.45, 7) is 0. The summed E-state index contributed by atoms with van der Waals surface area (Å²) < 4.78 is 10.9. The van der Waals surface area contributed by atoms with Crippen molar-refractivity contribution in [3.63, 3.8) is 0 Å². The van der Waals surface area contributed by atoms with Crippen molar-refractivity contribution >= 4 is 5.69 Å². The maximum absolute atomic E-state index is 10.4. The van der Waals surface area contributed by atoms with E-state index in [4.69, 9.17) is 9.47 Å². The second kappa shape index (κ2) is 6.75. The van der Waals surface area contributed by atoms with Gasteiger partial charge in [-0.1, -0.05) is 24.3 Å². The minimum absolute atomic E-state index is 0.382. The van der Waals surface area contributed by atoms with E-state index in [0.29, 0.717) is 11.4 Å². The topological polar surface area (TPSA) is 47.9 Å². The molecule has 0 aromatic heterocycles. The lowest BCUT2D eigenvalue weighted by atomic mass is 10.1. The van der Waals surface area contributed by atoms with Gasteiger partial charge in [-0.15, -0.1) is 4.91 Å². The summed E-state index contributed by atoms with van der Waals surface area (Å²) in [7, 11) is 1.65. The van der Waals surface area contributed by atoms with Crippen molar-refractivity contribution in [2.45, 2.75) is 0 Å². The number of nitrogens with zero attached hydrogens (tertiary/aromatic N) is 1. The van der Waals surface area contributed by atoms with E-state index < -0.39 is 0 Å². The lowest BCUT2D eigenvalue weighted by molar-refractivity contribution is 0.415. The first-order valence-corrected chi connectivity index (χ1v) is 7.14. The average Bonchev–Trinajstić information content (AvgIpc) is 2.63. The van der Waals surface area contributed by atoms with E-state index in [9.17, 15) is 4.91 Å². The molecule has 0 aliphatic carbocycles. The number of rotatable bonds is 5. The molecular formula is C19H15NO3. The predicted octanol–water partition coefficient (Wildman–Crippen LogP) is 5.55. The molecule has 0 saturated carbocycles. The molecule has 4 nitrogen and oxygen atoms in total. The van der Waals surface area contributed by atoms with E-state index in [1.54, 1.807) is 31.4 Å². The summed E-state index contributed by atoms with van der Waals surface area (Å²) in [6.07, 6.45) is 0. The standard InChI is InChI=1S/C19H15NO3/c1-22-17-8-2-14(3-9-17)15-4-10-18(11-5-15)23-19-12-6-16(20-21)7-13-19/h2-13H,1H3. The molecule has 0 aliphatic heterocycles. The van der Waals surface area contributed by atoms with Crippen LogP contribution in [0.4, 0.5) is 5.69 Å². The first-order valence-electron chi connectivity index (χ1n) is 7.14. The van der Waals surface area contributed by atoms with Crippen LogP contribution in [0.25, 0.3) is 11.1 Å². The molecule has 0 aliphatic rings. The Kier molecular flexibility index (Phi) is 4.34. The largest absolute Gasteiger partial charge is 0.497 e. The Morgan fingerprint density at radius 1 is 0.652 bits per heavy atom. The van der Waals surface area contributed by atoms with Gasteiger partial charge in [-0.3, -0.25) is 0 Å². The van der Waals surface area contributed by atoms with Gasteiger partial charge in [0.05, 0.1) is 7.11 Å². The van der Waals surface area contributed by atoms with E-state index in [2.05, 4.69) is 5.18 Å². The lowest BCUT2D eigenvalue weighted by Gasteiger charge is -2.07. The third kappa shape index (κ3) is 3.55. The van der Waals surface area contributed by atoms with E-state index in [1.807, 2.05) is 48.5 Å². The first-order chi connectivity index (χ1) is 11.3. The highest BCUT2D eigenvalue weighted by molar-refractivity contribution is 5.65. The highest BCUT2D eigenvalue weighted by Crippen LogP contribution is 2.27. The minimum Gasteiger partial charge on any atom is -0.497 e. The maximum atomic E-state index is 10.4. The van der Waals surface area contributed by atoms with Crippen LogP contribution in [0.2, 0.25) is 0 Å². The van der Waals surface area contributed by atoms with Crippen molar-refractivity contribution in [2.75, 3.05) is 7.11 Å². The molecule has 0 unspecified atom stereocenters. The Hall–Kier alpha value is -3.14. The summed E-state index contributed by atoms with van der Waals surface area (Å²) in [5, 5.41) is 2.86. The van der Waals surface area contributed by atoms with Crippen molar-refractivity contribution < 1.29 is 9.47 Å². The van der Waals surface area contributed by atoms with Crippen molar-refractivity contribution in [3.8, 4) is 28.4 Å². The molecule has 23 heavy (non-hydrogen) atoms. The fourth-order valence-electron chi connectivity index (χ4n) is 2.21. The number of hydrogen-bond acceptors (Lipinski definition) is 4. The Bertz CT molecular complexity index is 778. The van der Waals surface area contributed by atoms with E-state index in [1.165, 1.54) is 0 Å². The monoisotopic (exact) mass is 305 g/mol. The first kappa shape index (κ1) is 14.8. The molecule has 0 N–H and O–H groups in total. The van der Waals surface area contributed by atoms with Crippen molar-refractivity contribution in [1.29, 1.82) is 0 Å². The molecule has 0 atom stereocenters. The molecule has 3 rings (SSSR count). The second-order valence-corrected chi connectivity index (χ2v) is 4.94. The summed E-state index contributed by atoms with van der Waals surface area (Å²) in [4.78, 5) is 10.4. The normalized spacial score (nSPS) is 10.1. The molecule has 0 spiro atoms. The van der Waals surface area contributed by atoms with Crippen LogP contribution >= 0.6 is 0 Å². The average molecular weight is 305 g/mol. The number of methoxy groups -OCH3 is 1. The van der Waals surface area contributed by atoms with E-state index in [0.717, 1.165) is 22.6 Å². The van der Waals surface area contributed by atoms with Crippen molar-refractivity contribution in [3.05, 3.63) is 77.7 Å². The highest BCUT2D eigenvalue weighted by Gasteiger charge is 2.01. The molecule has 0 bridgehead atoms. The third-order valence-corrected chi connectivity index (χ3v) is 3.46. The fraction of sp³-hybridized carbons (Fsp3) is 0.0526. The molecule has 0 saturated heterocycles. The summed E-state index contributed by atoms with van der Waals surface area (Å²) in [5.74, 6) is 2.23. The van der Waals surface area contributed by atoms with Gasteiger partial charge in [-0.2, -0.15) is 0 Å². The number of benzene rings is 3. The Morgan fingerprint density at radius 2 is 1.09 bits per heavy atom. The molecule has 0 heterocycles. The Morgan fingerprint density at radius 3 is 1.52 bits per heavy atom. The van der Waals surface area contributed by atoms with Gasteiger partial charge in [-0.25, -0.2) is 0 Å². The molecule has 114 valence electrons. The van der Waals surface area contributed by atoms with Gasteiger partial charge in [0.2, 0.25) is 0 Å². The van der Waals surface area contributed by atoms with Gasteiger partial charge < -0.3 is 9.47 Å². The van der Waals surface area contributed by atoms with Crippen molar-refractivity contribution in [1.82, 2.24) is 0 Å².